The van der Waals surface area contributed by atoms with Gasteiger partial charge in [0, 0.05) is 16.3 Å². The molecule has 0 fully saturated rings. The summed E-state index contributed by atoms with van der Waals surface area (Å²) in [5, 5.41) is -2.53. The lowest BCUT2D eigenvalue weighted by atomic mass is 9.82. The van der Waals surface area contributed by atoms with E-state index in [0.717, 1.165) is 0 Å². The van der Waals surface area contributed by atoms with Crippen molar-refractivity contribution in [3.8, 4) is 44.5 Å². The van der Waals surface area contributed by atoms with Gasteiger partial charge in [-0.2, -0.15) is 0 Å². The third-order valence-corrected chi connectivity index (χ3v) is 9.92. The minimum atomic E-state index is -0.872. The zero-order valence-corrected chi connectivity index (χ0v) is 29.4. The molecule has 0 unspecified atom stereocenters. The maximum absolute atomic E-state index is 9.93. The SMILES string of the molecule is [2H]c1c([2H])c(-c2c([2H])c([2H])c([2H])c(C)c2C)c([2H])c(-c2c3c([2H])c([2H])c([2H])c([2H])c3c(-c3c([2H])c([2H])c(-c4c([2H])c([2H])c([2H])c5oc6c(C)c7c([2H])c([2H])c([2H])c([2H])c7c([2H])c6c45)c([2H])c3C)c3c([2H])c([2H])c([2H])c(C)c23)c1[2H]. The summed E-state index contributed by atoms with van der Waals surface area (Å²) in [6, 6.07) is -17.5. The van der Waals surface area contributed by atoms with Crippen molar-refractivity contribution in [1.29, 1.82) is 0 Å². The third-order valence-electron chi connectivity index (χ3n) is 9.92. The molecule has 9 aromatic carbocycles. The first-order chi connectivity index (χ1) is 36.8. The van der Waals surface area contributed by atoms with Crippen molar-refractivity contribution in [2.24, 2.45) is 0 Å². The minimum absolute atomic E-state index is 0.0778. The van der Waals surface area contributed by atoms with Gasteiger partial charge in [-0.25, -0.2) is 0 Å². The van der Waals surface area contributed by atoms with Gasteiger partial charge in [0.05, 0.1) is 34.3 Å². The highest BCUT2D eigenvalue weighted by Crippen LogP contribution is 2.47. The van der Waals surface area contributed by atoms with Gasteiger partial charge >= 0.3 is 0 Å². The Hall–Kier alpha value is -6.44. The first kappa shape index (κ1) is 15.5. The smallest absolute Gasteiger partial charge is 0.138 e. The van der Waals surface area contributed by atoms with E-state index in [2.05, 4.69) is 0 Å². The highest BCUT2D eigenvalue weighted by molar-refractivity contribution is 6.23. The van der Waals surface area contributed by atoms with Crippen molar-refractivity contribution in [2.45, 2.75) is 34.6 Å². The molecule has 1 heterocycles. The van der Waals surface area contributed by atoms with E-state index in [1.54, 1.807) is 0 Å². The first-order valence-electron chi connectivity index (χ1n) is 29.4. The fourth-order valence-corrected chi connectivity index (χ4v) is 7.19. The zero-order valence-electron chi connectivity index (χ0n) is 54.4. The van der Waals surface area contributed by atoms with Crippen molar-refractivity contribution in [3.63, 3.8) is 0 Å². The molecule has 0 radical (unpaired) electrons. The van der Waals surface area contributed by atoms with Gasteiger partial charge in [-0.05, 0) is 152 Å². The molecule has 0 N–H and O–H groups in total. The number of furan rings is 1. The van der Waals surface area contributed by atoms with E-state index in [-0.39, 0.29) is 71.9 Å². The van der Waals surface area contributed by atoms with Gasteiger partial charge < -0.3 is 4.42 Å². The second kappa shape index (κ2) is 12.3. The van der Waals surface area contributed by atoms with E-state index in [1.165, 1.54) is 34.6 Å². The quantitative estimate of drug-likeness (QED) is 0.165. The normalized spacial score (nSPS) is 18.3. The van der Waals surface area contributed by atoms with Gasteiger partial charge in [0.1, 0.15) is 11.2 Å². The van der Waals surface area contributed by atoms with Crippen LogP contribution in [0.5, 0.6) is 0 Å². The summed E-state index contributed by atoms with van der Waals surface area (Å²) in [6.45, 7) is 7.07. The van der Waals surface area contributed by atoms with Crippen LogP contribution >= 0.6 is 0 Å². The van der Waals surface area contributed by atoms with Crippen LogP contribution in [0.25, 0.3) is 98.8 Å². The molecule has 10 rings (SSSR count). The Kier molecular flexibility index (Phi) is 3.54. The average molecular weight is 718 g/mol. The van der Waals surface area contributed by atoms with Gasteiger partial charge in [-0.15, -0.1) is 0 Å². The summed E-state index contributed by atoms with van der Waals surface area (Å²) in [4.78, 5) is 0. The summed E-state index contributed by atoms with van der Waals surface area (Å²) < 4.78 is 235. The Labute approximate surface area is 351 Å². The van der Waals surface area contributed by atoms with Gasteiger partial charge in [-0.1, -0.05) is 133 Å². The minimum Gasteiger partial charge on any atom is -0.456 e. The number of fused-ring (bicyclic) bond motifs is 6. The van der Waals surface area contributed by atoms with Crippen molar-refractivity contribution in [2.75, 3.05) is 0 Å². The average Bonchev–Trinajstić information content (AvgIpc) is 4.05. The lowest BCUT2D eigenvalue weighted by molar-refractivity contribution is 0.666. The Morgan fingerprint density at radius 1 is 0.389 bits per heavy atom. The second-order valence-electron chi connectivity index (χ2n) is 13.0. The molecule has 10 aromatic rings. The number of hydrogen-bond donors (Lipinski definition) is 0. The Morgan fingerprint density at radius 3 is 1.89 bits per heavy atom. The van der Waals surface area contributed by atoms with E-state index in [1.807, 2.05) is 0 Å². The van der Waals surface area contributed by atoms with Crippen LogP contribution in [0.4, 0.5) is 0 Å². The monoisotopic (exact) mass is 717 g/mol. The molecular weight excluding hydrogens is 653 g/mol. The molecule has 0 atom stereocenters. The molecule has 0 amide bonds. The van der Waals surface area contributed by atoms with Crippen LogP contribution in [0, 0.1) is 34.6 Å². The van der Waals surface area contributed by atoms with Gasteiger partial charge in [-0.3, -0.25) is 0 Å². The van der Waals surface area contributed by atoms with Crippen LogP contribution in [0.3, 0.4) is 0 Å². The van der Waals surface area contributed by atoms with E-state index in [4.69, 9.17) is 25.0 Å². The maximum Gasteiger partial charge on any atom is 0.138 e. The van der Waals surface area contributed by atoms with Crippen molar-refractivity contribution >= 4 is 54.3 Å². The van der Waals surface area contributed by atoms with E-state index < -0.39 is 206 Å². The van der Waals surface area contributed by atoms with Crippen LogP contribution in [0.15, 0.2) is 155 Å². The number of benzene rings is 9. The summed E-state index contributed by atoms with van der Waals surface area (Å²) >= 11 is 0. The van der Waals surface area contributed by atoms with Gasteiger partial charge in [0.25, 0.3) is 0 Å². The topological polar surface area (TPSA) is 13.1 Å². The Bertz CT molecular complexity index is 4450. The summed E-state index contributed by atoms with van der Waals surface area (Å²) in [5.74, 6) is 0. The Balaban J connectivity index is 1.43. The number of aryl methyl sites for hydroxylation is 2. The predicted octanol–water partition coefficient (Wildman–Crippen LogP) is 15.3. The molecule has 0 bridgehead atoms. The molecule has 0 saturated carbocycles. The lowest BCUT2D eigenvalue weighted by Gasteiger charge is -2.21. The zero-order chi connectivity index (χ0) is 58.4. The molecule has 1 aromatic heterocycles. The summed E-state index contributed by atoms with van der Waals surface area (Å²) in [7, 11) is 0. The van der Waals surface area contributed by atoms with Crippen molar-refractivity contribution in [3.05, 3.63) is 179 Å². The molecule has 1 nitrogen and oxygen atoms in total. The fourth-order valence-electron chi connectivity index (χ4n) is 7.19. The molecule has 1 heteroatoms. The molecular formula is C53H40O. The predicted molar refractivity (Wildman–Crippen MR) is 232 cm³/mol. The molecule has 0 aliphatic carbocycles. The van der Waals surface area contributed by atoms with E-state index in [9.17, 15) is 13.7 Å². The molecule has 0 aliphatic heterocycles. The van der Waals surface area contributed by atoms with Gasteiger partial charge in [0.2, 0.25) is 0 Å². The van der Waals surface area contributed by atoms with Crippen LogP contribution in [-0.4, -0.2) is 0 Å². The summed E-state index contributed by atoms with van der Waals surface area (Å²) in [6.07, 6.45) is 0. The largest absolute Gasteiger partial charge is 0.456 e. The summed E-state index contributed by atoms with van der Waals surface area (Å²) in [5.41, 5.74) is -3.97. The fraction of sp³-hybridized carbons (Fsp3) is 0.0943. The molecule has 0 saturated heterocycles. The van der Waals surface area contributed by atoms with Crippen LogP contribution < -0.4 is 0 Å². The van der Waals surface area contributed by atoms with E-state index >= 15 is 0 Å². The van der Waals surface area contributed by atoms with E-state index in [0.29, 0.717) is 0 Å². The van der Waals surface area contributed by atoms with Crippen molar-refractivity contribution < 1.29 is 38.7 Å². The highest BCUT2D eigenvalue weighted by Gasteiger charge is 2.21. The Morgan fingerprint density at radius 2 is 1.04 bits per heavy atom. The maximum atomic E-state index is 9.93. The third kappa shape index (κ3) is 4.85. The highest BCUT2D eigenvalue weighted by atomic mass is 16.3. The lowest BCUT2D eigenvalue weighted by Crippen LogP contribution is -1.95. The molecule has 258 valence electrons. The van der Waals surface area contributed by atoms with Crippen LogP contribution in [0.2, 0.25) is 0 Å². The molecule has 0 spiro atoms. The van der Waals surface area contributed by atoms with Crippen LogP contribution in [-0.2, 0) is 0 Å². The number of rotatable bonds is 4. The van der Waals surface area contributed by atoms with Crippen LogP contribution in [0.1, 0.15) is 62.1 Å². The number of hydrogen-bond acceptors (Lipinski definition) is 1. The molecule has 0 aliphatic rings. The second-order valence-corrected chi connectivity index (χ2v) is 13.0. The first-order valence-corrected chi connectivity index (χ1v) is 16.9. The van der Waals surface area contributed by atoms with Gasteiger partial charge in [0.15, 0.2) is 0 Å². The standard InChI is InChI=1S/C53H40O/c1-31-14-10-22-41(34(31)4)36-17-12-18-39(29-36)50-44-20-8-9-21-45(44)51(46-24-11-15-32(2)49(46)50)40-27-26-38(28-33(40)3)43-23-13-25-48-52(43)47-30-37-16-6-7-19-42(37)35(5)53(47)54-48/h6-30H,1-5H3/i6D,7D,8D,9D,10D,11D,12D,13D,14D,15D,16D,17D,18D,19D,20D,21D,22D,23D,24D,25D,26D,27D,28D,29D,30D. The molecule has 54 heavy (non-hydrogen) atoms. The van der Waals surface area contributed by atoms with Crippen molar-refractivity contribution in [1.82, 2.24) is 0 Å².